The van der Waals surface area contributed by atoms with Crippen molar-refractivity contribution in [3.63, 3.8) is 0 Å². The summed E-state index contributed by atoms with van der Waals surface area (Å²) in [7, 11) is 0. The highest BCUT2D eigenvalue weighted by molar-refractivity contribution is 9.13. The van der Waals surface area contributed by atoms with Crippen molar-refractivity contribution in [3.8, 4) is 0 Å². The SMILES string of the molecule is CC1CCN(CCNCc2ccc(Br)c(Br)c2)CC1. The molecule has 1 aromatic rings. The van der Waals surface area contributed by atoms with E-state index in [-0.39, 0.29) is 0 Å². The number of piperidine rings is 1. The number of hydrogen-bond acceptors (Lipinski definition) is 2. The Balaban J connectivity index is 1.65. The van der Waals surface area contributed by atoms with E-state index < -0.39 is 0 Å². The van der Waals surface area contributed by atoms with E-state index >= 15 is 0 Å². The predicted octanol–water partition coefficient (Wildman–Crippen LogP) is 4.03. The highest BCUT2D eigenvalue weighted by Gasteiger charge is 2.14. The van der Waals surface area contributed by atoms with E-state index in [4.69, 9.17) is 0 Å². The molecular formula is C15H22Br2N2. The first-order chi connectivity index (χ1) is 9.15. The first-order valence-electron chi connectivity index (χ1n) is 7.02. The second-order valence-electron chi connectivity index (χ2n) is 5.45. The summed E-state index contributed by atoms with van der Waals surface area (Å²) in [6.45, 7) is 8.09. The highest BCUT2D eigenvalue weighted by atomic mass is 79.9. The first-order valence-corrected chi connectivity index (χ1v) is 8.61. The molecule has 0 radical (unpaired) electrons. The predicted molar refractivity (Wildman–Crippen MR) is 88.4 cm³/mol. The number of halogens is 2. The zero-order valence-corrected chi connectivity index (χ0v) is 14.6. The maximum Gasteiger partial charge on any atom is 0.0320 e. The summed E-state index contributed by atoms with van der Waals surface area (Å²) in [5.74, 6) is 0.921. The topological polar surface area (TPSA) is 15.3 Å². The van der Waals surface area contributed by atoms with E-state index in [1.54, 1.807) is 0 Å². The zero-order chi connectivity index (χ0) is 13.7. The molecule has 1 aliphatic rings. The number of nitrogens with one attached hydrogen (secondary N) is 1. The molecule has 0 aromatic heterocycles. The number of nitrogens with zero attached hydrogens (tertiary/aromatic N) is 1. The molecule has 1 aliphatic heterocycles. The van der Waals surface area contributed by atoms with Crippen LogP contribution in [-0.2, 0) is 6.54 Å². The molecule has 1 saturated heterocycles. The van der Waals surface area contributed by atoms with Crippen LogP contribution in [0.4, 0.5) is 0 Å². The van der Waals surface area contributed by atoms with E-state index in [0.29, 0.717) is 0 Å². The van der Waals surface area contributed by atoms with Gasteiger partial charge in [-0.15, -0.1) is 0 Å². The third-order valence-corrected chi connectivity index (χ3v) is 5.67. The third kappa shape index (κ3) is 5.18. The lowest BCUT2D eigenvalue weighted by atomic mass is 9.99. The Bertz CT molecular complexity index is 401. The second kappa shape index (κ2) is 7.77. The van der Waals surface area contributed by atoms with E-state index in [1.165, 1.54) is 38.0 Å². The van der Waals surface area contributed by atoms with Crippen LogP contribution in [0.25, 0.3) is 0 Å². The van der Waals surface area contributed by atoms with Crippen LogP contribution < -0.4 is 5.32 Å². The highest BCUT2D eigenvalue weighted by Crippen LogP contribution is 2.23. The molecule has 2 rings (SSSR count). The maximum absolute atomic E-state index is 3.54. The van der Waals surface area contributed by atoms with Gasteiger partial charge in [0.2, 0.25) is 0 Å². The van der Waals surface area contributed by atoms with Gasteiger partial charge in [0.05, 0.1) is 0 Å². The standard InChI is InChI=1S/C15H22Br2N2/c1-12-4-7-19(8-5-12)9-6-18-11-13-2-3-14(16)15(17)10-13/h2-3,10,12,18H,4-9,11H2,1H3. The molecule has 2 nitrogen and oxygen atoms in total. The van der Waals surface area contributed by atoms with Gasteiger partial charge in [0.25, 0.3) is 0 Å². The molecule has 0 bridgehead atoms. The van der Waals surface area contributed by atoms with Crippen LogP contribution in [0.1, 0.15) is 25.3 Å². The average molecular weight is 390 g/mol. The molecule has 1 heterocycles. The fraction of sp³-hybridized carbons (Fsp3) is 0.600. The van der Waals surface area contributed by atoms with Gasteiger partial charge in [0.15, 0.2) is 0 Å². The largest absolute Gasteiger partial charge is 0.311 e. The Morgan fingerprint density at radius 3 is 2.63 bits per heavy atom. The Hall–Kier alpha value is 0.1000. The van der Waals surface area contributed by atoms with Crippen LogP contribution in [0.15, 0.2) is 27.1 Å². The van der Waals surface area contributed by atoms with E-state index in [9.17, 15) is 0 Å². The molecule has 0 spiro atoms. The molecule has 0 aliphatic carbocycles. The molecule has 0 saturated carbocycles. The quantitative estimate of drug-likeness (QED) is 0.764. The minimum Gasteiger partial charge on any atom is -0.311 e. The molecule has 1 fully saturated rings. The van der Waals surface area contributed by atoms with Crippen molar-refractivity contribution in [2.45, 2.75) is 26.3 Å². The van der Waals surface area contributed by atoms with Crippen LogP contribution in [-0.4, -0.2) is 31.1 Å². The molecule has 19 heavy (non-hydrogen) atoms. The lowest BCUT2D eigenvalue weighted by molar-refractivity contribution is 0.193. The Morgan fingerprint density at radius 1 is 1.21 bits per heavy atom. The summed E-state index contributed by atoms with van der Waals surface area (Å²) in [5.41, 5.74) is 1.32. The third-order valence-electron chi connectivity index (χ3n) is 3.79. The molecule has 1 N–H and O–H groups in total. The van der Waals surface area contributed by atoms with Crippen LogP contribution in [0, 0.1) is 5.92 Å². The summed E-state index contributed by atoms with van der Waals surface area (Å²) in [4.78, 5) is 2.57. The Labute approximate surface area is 133 Å². The molecule has 0 unspecified atom stereocenters. The first kappa shape index (κ1) is 15.5. The van der Waals surface area contributed by atoms with Crippen molar-refractivity contribution < 1.29 is 0 Å². The second-order valence-corrected chi connectivity index (χ2v) is 7.16. The van der Waals surface area contributed by atoms with Gasteiger partial charge in [-0.05, 0) is 81.4 Å². The summed E-state index contributed by atoms with van der Waals surface area (Å²) in [5, 5.41) is 3.53. The molecule has 0 amide bonds. The van der Waals surface area contributed by atoms with Crippen molar-refractivity contribution in [1.29, 1.82) is 0 Å². The van der Waals surface area contributed by atoms with Gasteiger partial charge in [-0.1, -0.05) is 13.0 Å². The van der Waals surface area contributed by atoms with Crippen molar-refractivity contribution in [3.05, 3.63) is 32.7 Å². The number of hydrogen-bond donors (Lipinski definition) is 1. The molecule has 0 atom stereocenters. The van der Waals surface area contributed by atoms with Crippen molar-refractivity contribution in [1.82, 2.24) is 10.2 Å². The molecular weight excluding hydrogens is 368 g/mol. The zero-order valence-electron chi connectivity index (χ0n) is 11.5. The van der Waals surface area contributed by atoms with Crippen molar-refractivity contribution >= 4 is 31.9 Å². The van der Waals surface area contributed by atoms with E-state index in [0.717, 1.165) is 28.0 Å². The molecule has 106 valence electrons. The number of likely N-dealkylation sites (tertiary alicyclic amines) is 1. The summed E-state index contributed by atoms with van der Waals surface area (Å²) < 4.78 is 2.23. The maximum atomic E-state index is 3.54. The van der Waals surface area contributed by atoms with Gasteiger partial charge < -0.3 is 10.2 Å². The normalized spacial score (nSPS) is 17.8. The Morgan fingerprint density at radius 2 is 1.95 bits per heavy atom. The monoisotopic (exact) mass is 388 g/mol. The van der Waals surface area contributed by atoms with Crippen molar-refractivity contribution in [2.75, 3.05) is 26.2 Å². The fourth-order valence-corrected chi connectivity index (χ4v) is 3.08. The van der Waals surface area contributed by atoms with Gasteiger partial charge in [-0.2, -0.15) is 0 Å². The van der Waals surface area contributed by atoms with Crippen LogP contribution in [0.5, 0.6) is 0 Å². The Kier molecular flexibility index (Phi) is 6.33. The van der Waals surface area contributed by atoms with Gasteiger partial charge in [-0.25, -0.2) is 0 Å². The number of rotatable bonds is 5. The van der Waals surface area contributed by atoms with Gasteiger partial charge in [0, 0.05) is 28.6 Å². The minimum atomic E-state index is 0.921. The van der Waals surface area contributed by atoms with Crippen molar-refractivity contribution in [2.24, 2.45) is 5.92 Å². The lowest BCUT2D eigenvalue weighted by Gasteiger charge is -2.30. The summed E-state index contributed by atoms with van der Waals surface area (Å²) >= 11 is 7.03. The average Bonchev–Trinajstić information content (AvgIpc) is 2.41. The summed E-state index contributed by atoms with van der Waals surface area (Å²) in [6, 6.07) is 6.41. The number of benzene rings is 1. The molecule has 4 heteroatoms. The van der Waals surface area contributed by atoms with Gasteiger partial charge >= 0.3 is 0 Å². The van der Waals surface area contributed by atoms with Crippen LogP contribution in [0.3, 0.4) is 0 Å². The minimum absolute atomic E-state index is 0.921. The smallest absolute Gasteiger partial charge is 0.0320 e. The molecule has 1 aromatic carbocycles. The lowest BCUT2D eigenvalue weighted by Crippen LogP contribution is -2.37. The van der Waals surface area contributed by atoms with E-state index in [1.807, 2.05) is 0 Å². The van der Waals surface area contributed by atoms with Crippen LogP contribution >= 0.6 is 31.9 Å². The van der Waals surface area contributed by atoms with Crippen LogP contribution in [0.2, 0.25) is 0 Å². The van der Waals surface area contributed by atoms with Gasteiger partial charge in [-0.3, -0.25) is 0 Å². The van der Waals surface area contributed by atoms with Gasteiger partial charge in [0.1, 0.15) is 0 Å². The summed E-state index contributed by atoms with van der Waals surface area (Å²) in [6.07, 6.45) is 2.72. The fourth-order valence-electron chi connectivity index (χ4n) is 2.41. The van der Waals surface area contributed by atoms with E-state index in [2.05, 4.69) is 67.2 Å².